The van der Waals surface area contributed by atoms with Gasteiger partial charge in [0.25, 0.3) is 5.91 Å². The van der Waals surface area contributed by atoms with Gasteiger partial charge in [-0.1, -0.05) is 0 Å². The highest BCUT2D eigenvalue weighted by Crippen LogP contribution is 2.31. The lowest BCUT2D eigenvalue weighted by molar-refractivity contribution is -0.121. The minimum atomic E-state index is -0.179. The van der Waals surface area contributed by atoms with Crippen molar-refractivity contribution in [2.75, 3.05) is 25.1 Å². The van der Waals surface area contributed by atoms with Crippen LogP contribution in [-0.4, -0.2) is 41.4 Å². The van der Waals surface area contributed by atoms with Crippen molar-refractivity contribution in [1.82, 2.24) is 15.2 Å². The van der Waals surface area contributed by atoms with E-state index in [9.17, 15) is 14.8 Å². The molecule has 0 bridgehead atoms. The summed E-state index contributed by atoms with van der Waals surface area (Å²) in [5, 5.41) is 16.7. The van der Waals surface area contributed by atoms with Crippen LogP contribution in [0.3, 0.4) is 0 Å². The molecular weight excluding hydrogens is 332 g/mol. The molecule has 8 nitrogen and oxygen atoms in total. The molecule has 1 aromatic heterocycles. The van der Waals surface area contributed by atoms with E-state index in [0.717, 1.165) is 22.9 Å². The largest absolute Gasteiger partial charge is 0.359 e. The highest BCUT2D eigenvalue weighted by molar-refractivity contribution is 7.93. The number of anilines is 1. The first kappa shape index (κ1) is 16.6. The third-order valence-corrected chi connectivity index (χ3v) is 4.27. The van der Waals surface area contributed by atoms with Gasteiger partial charge in [-0.3, -0.25) is 14.8 Å². The minimum Gasteiger partial charge on any atom is -0.359 e. The van der Waals surface area contributed by atoms with Crippen molar-refractivity contribution in [3.63, 3.8) is 0 Å². The highest BCUT2D eigenvalue weighted by atomic mass is 32.2. The van der Waals surface area contributed by atoms with E-state index >= 15 is 0 Å². The summed E-state index contributed by atoms with van der Waals surface area (Å²) in [6, 6.07) is 6.80. The number of rotatable bonds is 5. The van der Waals surface area contributed by atoms with Crippen molar-refractivity contribution in [3.8, 4) is 0 Å². The van der Waals surface area contributed by atoms with Gasteiger partial charge in [0.1, 0.15) is 5.69 Å². The van der Waals surface area contributed by atoms with Crippen LogP contribution in [-0.2, 0) is 9.08 Å². The lowest BCUT2D eigenvalue weighted by atomic mass is 10.1. The number of nitrogens with one attached hydrogen (secondary N) is 2. The predicted molar refractivity (Wildman–Crippen MR) is 90.9 cm³/mol. The second-order valence-electron chi connectivity index (χ2n) is 5.40. The smallest absolute Gasteiger partial charge is 0.268 e. The molecule has 128 valence electrons. The van der Waals surface area contributed by atoms with Gasteiger partial charge < -0.3 is 15.2 Å². The Morgan fingerprint density at radius 3 is 3.04 bits per heavy atom. The number of fused-ring (bicyclic) bond motifs is 3. The Bertz CT molecular complexity index is 791. The molecule has 9 heteroatoms. The van der Waals surface area contributed by atoms with Gasteiger partial charge >= 0.3 is 0 Å². The lowest BCUT2D eigenvalue weighted by Gasteiger charge is -2.26. The summed E-state index contributed by atoms with van der Waals surface area (Å²) in [5.41, 5.74) is 1.77. The highest BCUT2D eigenvalue weighted by Gasteiger charge is 2.28. The number of hydrogen-bond donors (Lipinski definition) is 3. The van der Waals surface area contributed by atoms with Crippen LogP contribution in [0.15, 0.2) is 24.3 Å². The fourth-order valence-electron chi connectivity index (χ4n) is 2.90. The Labute approximate surface area is 142 Å². The molecule has 3 rings (SSSR count). The van der Waals surface area contributed by atoms with Gasteiger partial charge in [0.05, 0.1) is 11.7 Å². The number of benzene rings is 1. The van der Waals surface area contributed by atoms with E-state index in [1.165, 1.54) is 0 Å². The van der Waals surface area contributed by atoms with E-state index in [-0.39, 0.29) is 24.3 Å². The normalized spacial score (nSPS) is 16.6. The summed E-state index contributed by atoms with van der Waals surface area (Å²) in [6.45, 7) is 0.395. The summed E-state index contributed by atoms with van der Waals surface area (Å²) in [4.78, 5) is 23.9. The molecule has 1 aromatic carbocycles. The van der Waals surface area contributed by atoms with Crippen molar-refractivity contribution < 1.29 is 19.1 Å². The topological polar surface area (TPSA) is 95.8 Å². The van der Waals surface area contributed by atoms with Gasteiger partial charge in [0.2, 0.25) is 5.91 Å². The first-order valence-electron chi connectivity index (χ1n) is 7.38. The van der Waals surface area contributed by atoms with E-state index in [2.05, 4.69) is 10.6 Å². The Balaban J connectivity index is 2.04. The number of carbonyl (C=O) groups is 2. The number of hydrogen-bond acceptors (Lipinski definition) is 6. The number of nitrogens with zero attached hydrogens (tertiary/aromatic N) is 2. The Kier molecular flexibility index (Phi) is 4.65. The SMILES string of the molecule is CNC(=O)CC1CNC(=O)c2cc3cc(N(O)OSC)ccc3n21. The monoisotopic (exact) mass is 350 g/mol. The molecule has 0 radical (unpaired) electrons. The zero-order valence-corrected chi connectivity index (χ0v) is 14.1. The number of amides is 2. The molecule has 0 fully saturated rings. The molecule has 2 aromatic rings. The molecule has 1 atom stereocenters. The standard InChI is InChI=1S/C15H18N4O4S/c1-16-14(20)7-11-8-17-15(21)13-6-9-5-10(19(22)23-24-2)3-4-12(9)18(11)13/h3-6,11,22H,7-8H2,1-2H3,(H,16,20)(H,17,21). The Morgan fingerprint density at radius 1 is 1.54 bits per heavy atom. The molecule has 1 unspecified atom stereocenters. The molecule has 2 heterocycles. The van der Waals surface area contributed by atoms with Crippen LogP contribution in [0.2, 0.25) is 0 Å². The van der Waals surface area contributed by atoms with Crippen LogP contribution in [0.1, 0.15) is 23.0 Å². The van der Waals surface area contributed by atoms with Crippen LogP contribution in [0.4, 0.5) is 5.69 Å². The fraction of sp³-hybridized carbons (Fsp3) is 0.333. The maximum absolute atomic E-state index is 12.2. The first-order valence-corrected chi connectivity index (χ1v) is 8.53. The van der Waals surface area contributed by atoms with Crippen LogP contribution >= 0.6 is 12.0 Å². The van der Waals surface area contributed by atoms with Gasteiger partial charge in [-0.05, 0) is 24.3 Å². The average Bonchev–Trinajstić information content (AvgIpc) is 2.97. The molecule has 1 aliphatic heterocycles. The van der Waals surface area contributed by atoms with Gasteiger partial charge in [-0.15, -0.1) is 5.23 Å². The second-order valence-corrected chi connectivity index (χ2v) is 5.88. The van der Waals surface area contributed by atoms with Gasteiger partial charge in [0.15, 0.2) is 0 Å². The lowest BCUT2D eigenvalue weighted by Crippen LogP contribution is -2.40. The quantitative estimate of drug-likeness (QED) is 0.558. The van der Waals surface area contributed by atoms with Gasteiger partial charge in [0, 0.05) is 49.2 Å². The van der Waals surface area contributed by atoms with Crippen LogP contribution in [0.5, 0.6) is 0 Å². The average molecular weight is 350 g/mol. The van der Waals surface area contributed by atoms with Crippen LogP contribution < -0.4 is 15.9 Å². The fourth-order valence-corrected chi connectivity index (χ4v) is 3.12. The van der Waals surface area contributed by atoms with Crippen molar-refractivity contribution in [3.05, 3.63) is 30.0 Å². The van der Waals surface area contributed by atoms with Crippen molar-refractivity contribution in [2.45, 2.75) is 12.5 Å². The molecule has 24 heavy (non-hydrogen) atoms. The molecule has 1 aliphatic rings. The second kappa shape index (κ2) is 6.71. The van der Waals surface area contributed by atoms with Crippen LogP contribution in [0.25, 0.3) is 10.9 Å². The Morgan fingerprint density at radius 2 is 2.33 bits per heavy atom. The van der Waals surface area contributed by atoms with Gasteiger partial charge in [-0.25, -0.2) is 0 Å². The zero-order chi connectivity index (χ0) is 17.3. The van der Waals surface area contributed by atoms with Crippen molar-refractivity contribution in [2.24, 2.45) is 0 Å². The predicted octanol–water partition coefficient (Wildman–Crippen LogP) is 1.47. The maximum atomic E-state index is 12.2. The molecule has 3 N–H and O–H groups in total. The van der Waals surface area contributed by atoms with E-state index < -0.39 is 0 Å². The van der Waals surface area contributed by atoms with E-state index in [0.29, 0.717) is 23.2 Å². The summed E-state index contributed by atoms with van der Waals surface area (Å²) in [6.07, 6.45) is 1.96. The van der Waals surface area contributed by atoms with E-state index in [1.54, 1.807) is 37.6 Å². The maximum Gasteiger partial charge on any atom is 0.268 e. The summed E-state index contributed by atoms with van der Waals surface area (Å²) in [7, 11) is 1.59. The van der Waals surface area contributed by atoms with Crippen molar-refractivity contribution >= 4 is 40.4 Å². The number of aromatic nitrogens is 1. The van der Waals surface area contributed by atoms with Gasteiger partial charge in [-0.2, -0.15) is 4.28 Å². The molecule has 2 amide bonds. The minimum absolute atomic E-state index is 0.0875. The summed E-state index contributed by atoms with van der Waals surface area (Å²) in [5.74, 6) is -0.266. The zero-order valence-electron chi connectivity index (χ0n) is 13.3. The van der Waals surface area contributed by atoms with E-state index in [1.807, 2.05) is 4.57 Å². The first-order chi connectivity index (χ1) is 11.5. The third kappa shape index (κ3) is 2.93. The summed E-state index contributed by atoms with van der Waals surface area (Å²) >= 11 is 1.01. The molecule has 0 spiro atoms. The summed E-state index contributed by atoms with van der Waals surface area (Å²) < 4.78 is 6.83. The number of carbonyl (C=O) groups excluding carboxylic acids is 2. The van der Waals surface area contributed by atoms with Crippen LogP contribution in [0, 0.1) is 0 Å². The molecular formula is C15H18N4O4S. The molecule has 0 aliphatic carbocycles. The third-order valence-electron chi connectivity index (χ3n) is 3.98. The van der Waals surface area contributed by atoms with Crippen molar-refractivity contribution in [1.29, 1.82) is 0 Å². The Hall–Kier alpha value is -2.23. The van der Waals surface area contributed by atoms with E-state index in [4.69, 9.17) is 4.28 Å². The molecule has 0 saturated heterocycles. The molecule has 0 saturated carbocycles.